The minimum atomic E-state index is -1.55. The lowest BCUT2D eigenvalue weighted by Crippen LogP contribution is -2.05. The lowest BCUT2D eigenvalue weighted by Gasteiger charge is -2.05. The molecule has 0 spiro atoms. The number of carbonyl (C=O) groups is 1. The Balaban J connectivity index is 2.64. The van der Waals surface area contributed by atoms with E-state index in [1.165, 1.54) is 0 Å². The van der Waals surface area contributed by atoms with Crippen molar-refractivity contribution < 1.29 is 23.1 Å². The number of nitrogens with zero attached hydrogens (tertiary/aromatic N) is 1. The molecule has 0 fully saturated rings. The summed E-state index contributed by atoms with van der Waals surface area (Å²) < 4.78 is 39.8. The van der Waals surface area contributed by atoms with E-state index < -0.39 is 29.1 Å². The van der Waals surface area contributed by atoms with Crippen LogP contribution in [0.15, 0.2) is 30.5 Å². The van der Waals surface area contributed by atoms with Crippen LogP contribution in [-0.4, -0.2) is 16.1 Å². The van der Waals surface area contributed by atoms with Gasteiger partial charge in [-0.25, -0.2) is 22.9 Å². The first-order valence-electron chi connectivity index (χ1n) is 4.83. The molecule has 1 heterocycles. The second-order valence-corrected chi connectivity index (χ2v) is 3.48. The zero-order chi connectivity index (χ0) is 13.3. The maximum absolute atomic E-state index is 13.8. The van der Waals surface area contributed by atoms with Gasteiger partial charge in [-0.3, -0.25) is 0 Å². The van der Waals surface area contributed by atoms with Crippen LogP contribution in [0, 0.1) is 17.5 Å². The number of aromatic nitrogens is 1. The average molecular weight is 253 g/mol. The molecule has 0 atom stereocenters. The summed E-state index contributed by atoms with van der Waals surface area (Å²) in [4.78, 5) is 14.0. The van der Waals surface area contributed by atoms with Gasteiger partial charge in [-0.05, 0) is 23.8 Å². The molecule has 2 aromatic rings. The van der Waals surface area contributed by atoms with Crippen LogP contribution in [0.2, 0.25) is 0 Å². The quantitative estimate of drug-likeness (QED) is 0.895. The van der Waals surface area contributed by atoms with Gasteiger partial charge in [0.1, 0.15) is 11.6 Å². The number of halogens is 3. The number of pyridine rings is 1. The second-order valence-electron chi connectivity index (χ2n) is 3.48. The van der Waals surface area contributed by atoms with Gasteiger partial charge in [-0.1, -0.05) is 0 Å². The monoisotopic (exact) mass is 253 g/mol. The standard InChI is InChI=1S/C12H6F3NO2/c13-7-3-6(4-8(14)5-7)9-1-2-16-11(10(9)15)12(17)18/h1-5H,(H,17,18). The van der Waals surface area contributed by atoms with Crippen LogP contribution in [0.1, 0.15) is 10.5 Å². The predicted molar refractivity (Wildman–Crippen MR) is 56.5 cm³/mol. The predicted octanol–water partition coefficient (Wildman–Crippen LogP) is 2.86. The Morgan fingerprint density at radius 3 is 2.28 bits per heavy atom. The van der Waals surface area contributed by atoms with Crippen LogP contribution in [0.25, 0.3) is 11.1 Å². The fraction of sp³-hybridized carbons (Fsp3) is 0. The van der Waals surface area contributed by atoms with Gasteiger partial charge in [0.25, 0.3) is 0 Å². The van der Waals surface area contributed by atoms with Crippen LogP contribution in [-0.2, 0) is 0 Å². The van der Waals surface area contributed by atoms with E-state index in [4.69, 9.17) is 5.11 Å². The van der Waals surface area contributed by atoms with Crippen LogP contribution >= 0.6 is 0 Å². The summed E-state index contributed by atoms with van der Waals surface area (Å²) in [7, 11) is 0. The summed E-state index contributed by atoms with van der Waals surface area (Å²) in [5.74, 6) is -4.43. The highest BCUT2D eigenvalue weighted by atomic mass is 19.1. The molecule has 1 aromatic heterocycles. The zero-order valence-corrected chi connectivity index (χ0v) is 8.82. The number of aromatic carboxylic acids is 1. The highest BCUT2D eigenvalue weighted by Gasteiger charge is 2.17. The lowest BCUT2D eigenvalue weighted by atomic mass is 10.0. The van der Waals surface area contributed by atoms with Crippen molar-refractivity contribution in [1.29, 1.82) is 0 Å². The van der Waals surface area contributed by atoms with Gasteiger partial charge >= 0.3 is 5.97 Å². The van der Waals surface area contributed by atoms with Crippen molar-refractivity contribution in [3.05, 3.63) is 53.6 Å². The summed E-state index contributed by atoms with van der Waals surface area (Å²) in [6.45, 7) is 0. The van der Waals surface area contributed by atoms with Crippen molar-refractivity contribution in [3.63, 3.8) is 0 Å². The smallest absolute Gasteiger partial charge is 0.357 e. The Morgan fingerprint density at radius 2 is 1.72 bits per heavy atom. The van der Waals surface area contributed by atoms with Crippen LogP contribution in [0.4, 0.5) is 13.2 Å². The largest absolute Gasteiger partial charge is 0.476 e. The van der Waals surface area contributed by atoms with E-state index in [0.717, 1.165) is 24.4 Å². The van der Waals surface area contributed by atoms with Crippen molar-refractivity contribution >= 4 is 5.97 Å². The molecule has 0 aliphatic carbocycles. The molecule has 2 rings (SSSR count). The molecule has 0 bridgehead atoms. The summed E-state index contributed by atoms with van der Waals surface area (Å²) in [6, 6.07) is 3.61. The maximum atomic E-state index is 13.8. The topological polar surface area (TPSA) is 50.2 Å². The molecule has 0 saturated heterocycles. The van der Waals surface area contributed by atoms with Gasteiger partial charge < -0.3 is 5.11 Å². The molecule has 1 aromatic carbocycles. The lowest BCUT2D eigenvalue weighted by molar-refractivity contribution is 0.0685. The first-order chi connectivity index (χ1) is 8.49. The fourth-order valence-electron chi connectivity index (χ4n) is 1.53. The SMILES string of the molecule is O=C(O)c1nccc(-c2cc(F)cc(F)c2)c1F. The van der Waals surface area contributed by atoms with E-state index in [1.54, 1.807) is 0 Å². The van der Waals surface area contributed by atoms with Gasteiger partial charge in [-0.2, -0.15) is 0 Å². The number of hydrogen-bond donors (Lipinski definition) is 1. The Kier molecular flexibility index (Phi) is 3.01. The second kappa shape index (κ2) is 4.48. The molecule has 0 aliphatic rings. The third-order valence-corrected chi connectivity index (χ3v) is 2.27. The first-order valence-corrected chi connectivity index (χ1v) is 4.83. The molecule has 18 heavy (non-hydrogen) atoms. The van der Waals surface area contributed by atoms with E-state index in [1.807, 2.05) is 0 Å². The normalized spacial score (nSPS) is 10.4. The van der Waals surface area contributed by atoms with Gasteiger partial charge in [0, 0.05) is 17.8 Å². The van der Waals surface area contributed by atoms with Gasteiger partial charge in [-0.15, -0.1) is 0 Å². The maximum Gasteiger partial charge on any atom is 0.357 e. The Labute approximate surface area is 99.5 Å². The van der Waals surface area contributed by atoms with Gasteiger partial charge in [0.15, 0.2) is 11.5 Å². The van der Waals surface area contributed by atoms with Crippen molar-refractivity contribution in [2.75, 3.05) is 0 Å². The minimum absolute atomic E-state index is 0.0881. The van der Waals surface area contributed by atoms with Gasteiger partial charge in [0.05, 0.1) is 0 Å². The number of benzene rings is 1. The number of rotatable bonds is 2. The number of carboxylic acids is 1. The van der Waals surface area contributed by atoms with Crippen LogP contribution < -0.4 is 0 Å². The third-order valence-electron chi connectivity index (χ3n) is 2.27. The summed E-state index contributed by atoms with van der Waals surface area (Å²) >= 11 is 0. The molecular weight excluding hydrogens is 247 g/mol. The van der Waals surface area contributed by atoms with Crippen LogP contribution in [0.5, 0.6) is 0 Å². The van der Waals surface area contributed by atoms with Crippen molar-refractivity contribution in [3.8, 4) is 11.1 Å². The molecule has 0 radical (unpaired) electrons. The Hall–Kier alpha value is -2.37. The molecule has 0 aliphatic heterocycles. The summed E-state index contributed by atoms with van der Waals surface area (Å²) in [5.41, 5.74) is -1.10. The third kappa shape index (κ3) is 2.17. The Morgan fingerprint density at radius 1 is 1.11 bits per heavy atom. The van der Waals surface area contributed by atoms with E-state index >= 15 is 0 Å². The highest BCUT2D eigenvalue weighted by Crippen LogP contribution is 2.25. The van der Waals surface area contributed by atoms with E-state index in [9.17, 15) is 18.0 Å². The average Bonchev–Trinajstić information content (AvgIpc) is 2.27. The van der Waals surface area contributed by atoms with Crippen molar-refractivity contribution in [2.45, 2.75) is 0 Å². The molecule has 0 saturated carbocycles. The minimum Gasteiger partial charge on any atom is -0.476 e. The number of hydrogen-bond acceptors (Lipinski definition) is 2. The molecule has 1 N–H and O–H groups in total. The van der Waals surface area contributed by atoms with E-state index in [0.29, 0.717) is 6.07 Å². The zero-order valence-electron chi connectivity index (χ0n) is 8.82. The summed E-state index contributed by atoms with van der Waals surface area (Å²) in [6.07, 6.45) is 1.06. The van der Waals surface area contributed by atoms with E-state index in [-0.39, 0.29) is 11.1 Å². The Bertz CT molecular complexity index is 608. The molecule has 6 heteroatoms. The molecular formula is C12H6F3NO2. The molecule has 92 valence electrons. The highest BCUT2D eigenvalue weighted by molar-refractivity contribution is 5.87. The summed E-state index contributed by atoms with van der Waals surface area (Å²) in [5, 5.41) is 8.70. The first kappa shape index (κ1) is 12.1. The molecule has 0 unspecified atom stereocenters. The van der Waals surface area contributed by atoms with Crippen molar-refractivity contribution in [2.24, 2.45) is 0 Å². The number of carboxylic acid groups (broad SMARTS) is 1. The van der Waals surface area contributed by atoms with Gasteiger partial charge in [0.2, 0.25) is 0 Å². The van der Waals surface area contributed by atoms with Crippen LogP contribution in [0.3, 0.4) is 0 Å². The molecule has 3 nitrogen and oxygen atoms in total. The van der Waals surface area contributed by atoms with E-state index in [2.05, 4.69) is 4.98 Å². The molecule has 0 amide bonds. The fourth-order valence-corrected chi connectivity index (χ4v) is 1.53. The van der Waals surface area contributed by atoms with Crippen molar-refractivity contribution in [1.82, 2.24) is 4.98 Å².